The van der Waals surface area contributed by atoms with E-state index in [2.05, 4.69) is 29.2 Å². The fraction of sp³-hybridized carbons (Fsp3) is 0.923. The molecule has 2 rings (SSSR count). The molecule has 98 valence electrons. The predicted molar refractivity (Wildman–Crippen MR) is 68.9 cm³/mol. The Morgan fingerprint density at radius 1 is 1.29 bits per heavy atom. The molecule has 0 saturated carbocycles. The maximum Gasteiger partial charge on any atom is 0.239 e. The van der Waals surface area contributed by atoms with Crippen LogP contribution in [0.2, 0.25) is 0 Å². The Morgan fingerprint density at radius 2 is 2.00 bits per heavy atom. The zero-order chi connectivity index (χ0) is 12.3. The van der Waals surface area contributed by atoms with Gasteiger partial charge in [0.1, 0.15) is 0 Å². The van der Waals surface area contributed by atoms with Crippen LogP contribution >= 0.6 is 0 Å². The molecule has 17 heavy (non-hydrogen) atoms. The van der Waals surface area contributed by atoms with Crippen LogP contribution in [0.4, 0.5) is 0 Å². The minimum absolute atomic E-state index is 0.111. The largest absolute Gasteiger partial charge is 0.341 e. The van der Waals surface area contributed by atoms with Crippen LogP contribution in [0.3, 0.4) is 0 Å². The van der Waals surface area contributed by atoms with Crippen molar-refractivity contribution < 1.29 is 4.79 Å². The number of nitrogens with one attached hydrogen (secondary N) is 1. The third-order valence-corrected chi connectivity index (χ3v) is 3.91. The van der Waals surface area contributed by atoms with Crippen molar-refractivity contribution in [1.82, 2.24) is 15.1 Å². The quantitative estimate of drug-likeness (QED) is 0.781. The standard InChI is InChI=1S/C13H25N3O/c1-15(2)10-11-5-8-16(9-6-11)13(17)12-4-3-7-14-12/h11-12,14H,3-10H2,1-2H3. The Labute approximate surface area is 104 Å². The second kappa shape index (κ2) is 5.83. The SMILES string of the molecule is CN(C)CC1CCN(C(=O)C2CCCN2)CC1. The summed E-state index contributed by atoms with van der Waals surface area (Å²) in [6, 6.07) is 0.111. The number of hydrogen-bond donors (Lipinski definition) is 1. The molecular weight excluding hydrogens is 214 g/mol. The Kier molecular flexibility index (Phi) is 4.40. The molecule has 1 unspecified atom stereocenters. The van der Waals surface area contributed by atoms with E-state index < -0.39 is 0 Å². The minimum atomic E-state index is 0.111. The van der Waals surface area contributed by atoms with Crippen molar-refractivity contribution in [2.75, 3.05) is 40.3 Å². The zero-order valence-corrected chi connectivity index (χ0v) is 11.1. The molecule has 0 aromatic carbocycles. The van der Waals surface area contributed by atoms with E-state index in [0.717, 1.165) is 57.8 Å². The maximum atomic E-state index is 12.2. The van der Waals surface area contributed by atoms with Gasteiger partial charge in [0.25, 0.3) is 0 Å². The summed E-state index contributed by atoms with van der Waals surface area (Å²) in [4.78, 5) is 16.5. The third kappa shape index (κ3) is 3.42. The molecule has 0 aliphatic carbocycles. The summed E-state index contributed by atoms with van der Waals surface area (Å²) in [5.41, 5.74) is 0. The van der Waals surface area contributed by atoms with Crippen LogP contribution in [-0.2, 0) is 4.79 Å². The smallest absolute Gasteiger partial charge is 0.239 e. The summed E-state index contributed by atoms with van der Waals surface area (Å²) < 4.78 is 0. The lowest BCUT2D eigenvalue weighted by Crippen LogP contribution is -2.47. The second-order valence-electron chi connectivity index (χ2n) is 5.68. The van der Waals surface area contributed by atoms with E-state index >= 15 is 0 Å². The monoisotopic (exact) mass is 239 g/mol. The first-order chi connectivity index (χ1) is 8.16. The fourth-order valence-corrected chi connectivity index (χ4v) is 2.97. The minimum Gasteiger partial charge on any atom is -0.341 e. The number of piperidine rings is 1. The van der Waals surface area contributed by atoms with E-state index in [1.54, 1.807) is 0 Å². The van der Waals surface area contributed by atoms with Gasteiger partial charge in [0, 0.05) is 19.6 Å². The molecule has 0 spiro atoms. The van der Waals surface area contributed by atoms with Crippen molar-refractivity contribution in [3.8, 4) is 0 Å². The molecule has 2 aliphatic heterocycles. The Bertz CT molecular complexity index is 253. The van der Waals surface area contributed by atoms with Gasteiger partial charge in [-0.25, -0.2) is 0 Å². The summed E-state index contributed by atoms with van der Waals surface area (Å²) in [7, 11) is 4.25. The lowest BCUT2D eigenvalue weighted by Gasteiger charge is -2.34. The van der Waals surface area contributed by atoms with Crippen molar-refractivity contribution in [3.63, 3.8) is 0 Å². The Hall–Kier alpha value is -0.610. The van der Waals surface area contributed by atoms with Crippen LogP contribution in [0.1, 0.15) is 25.7 Å². The highest BCUT2D eigenvalue weighted by Crippen LogP contribution is 2.19. The van der Waals surface area contributed by atoms with Crippen LogP contribution in [0.5, 0.6) is 0 Å². The van der Waals surface area contributed by atoms with E-state index in [1.807, 2.05) is 0 Å². The summed E-state index contributed by atoms with van der Waals surface area (Å²) >= 11 is 0. The Balaban J connectivity index is 1.76. The fourth-order valence-electron chi connectivity index (χ4n) is 2.97. The van der Waals surface area contributed by atoms with Crippen molar-refractivity contribution in [1.29, 1.82) is 0 Å². The van der Waals surface area contributed by atoms with Crippen LogP contribution < -0.4 is 5.32 Å². The van der Waals surface area contributed by atoms with Gasteiger partial charge in [0.05, 0.1) is 6.04 Å². The molecular formula is C13H25N3O. The number of nitrogens with zero attached hydrogens (tertiary/aromatic N) is 2. The van der Waals surface area contributed by atoms with Gasteiger partial charge in [-0.1, -0.05) is 0 Å². The Morgan fingerprint density at radius 3 is 2.53 bits per heavy atom. The van der Waals surface area contributed by atoms with Gasteiger partial charge in [0.2, 0.25) is 5.91 Å². The molecule has 4 nitrogen and oxygen atoms in total. The van der Waals surface area contributed by atoms with Gasteiger partial charge in [0.15, 0.2) is 0 Å². The molecule has 2 heterocycles. The van der Waals surface area contributed by atoms with E-state index in [9.17, 15) is 4.79 Å². The van der Waals surface area contributed by atoms with Gasteiger partial charge in [-0.05, 0) is 52.2 Å². The first-order valence-electron chi connectivity index (χ1n) is 6.83. The van der Waals surface area contributed by atoms with E-state index in [1.165, 1.54) is 0 Å². The maximum absolute atomic E-state index is 12.2. The molecule has 1 atom stereocenters. The highest BCUT2D eigenvalue weighted by atomic mass is 16.2. The molecule has 0 aromatic heterocycles. The van der Waals surface area contributed by atoms with Crippen molar-refractivity contribution in [3.05, 3.63) is 0 Å². The number of carbonyl (C=O) groups is 1. The summed E-state index contributed by atoms with van der Waals surface area (Å²) in [5.74, 6) is 1.11. The first-order valence-corrected chi connectivity index (χ1v) is 6.83. The van der Waals surface area contributed by atoms with Gasteiger partial charge in [-0.3, -0.25) is 4.79 Å². The molecule has 1 amide bonds. The van der Waals surface area contributed by atoms with Crippen LogP contribution in [0.25, 0.3) is 0 Å². The molecule has 0 bridgehead atoms. The van der Waals surface area contributed by atoms with Gasteiger partial charge in [-0.15, -0.1) is 0 Å². The highest BCUT2D eigenvalue weighted by Gasteiger charge is 2.29. The molecule has 2 aliphatic rings. The molecule has 1 N–H and O–H groups in total. The molecule has 2 saturated heterocycles. The topological polar surface area (TPSA) is 35.6 Å². The number of amides is 1. The summed E-state index contributed by atoms with van der Waals surface area (Å²) in [6.07, 6.45) is 4.50. The van der Waals surface area contributed by atoms with Gasteiger partial charge in [-0.2, -0.15) is 0 Å². The third-order valence-electron chi connectivity index (χ3n) is 3.91. The van der Waals surface area contributed by atoms with Crippen molar-refractivity contribution in [2.45, 2.75) is 31.7 Å². The number of carbonyl (C=O) groups excluding carboxylic acids is 1. The number of hydrogen-bond acceptors (Lipinski definition) is 3. The molecule has 4 heteroatoms. The number of rotatable bonds is 3. The molecule has 0 radical (unpaired) electrons. The summed E-state index contributed by atoms with van der Waals surface area (Å²) in [5, 5.41) is 3.30. The highest BCUT2D eigenvalue weighted by molar-refractivity contribution is 5.82. The first kappa shape index (κ1) is 12.8. The summed E-state index contributed by atoms with van der Waals surface area (Å²) in [6.45, 7) is 4.07. The predicted octanol–water partition coefficient (Wildman–Crippen LogP) is 0.539. The lowest BCUT2D eigenvalue weighted by molar-refractivity contribution is -0.134. The van der Waals surface area contributed by atoms with Crippen molar-refractivity contribution >= 4 is 5.91 Å². The molecule has 2 fully saturated rings. The van der Waals surface area contributed by atoms with Crippen LogP contribution in [0.15, 0.2) is 0 Å². The van der Waals surface area contributed by atoms with Gasteiger partial charge >= 0.3 is 0 Å². The van der Waals surface area contributed by atoms with E-state index in [0.29, 0.717) is 5.91 Å². The average molecular weight is 239 g/mol. The van der Waals surface area contributed by atoms with Crippen molar-refractivity contribution in [2.24, 2.45) is 5.92 Å². The number of likely N-dealkylation sites (tertiary alicyclic amines) is 1. The second-order valence-corrected chi connectivity index (χ2v) is 5.68. The van der Waals surface area contributed by atoms with E-state index in [-0.39, 0.29) is 6.04 Å². The van der Waals surface area contributed by atoms with E-state index in [4.69, 9.17) is 0 Å². The van der Waals surface area contributed by atoms with Crippen LogP contribution in [0, 0.1) is 5.92 Å². The molecule has 0 aromatic rings. The lowest BCUT2D eigenvalue weighted by atomic mass is 9.96. The van der Waals surface area contributed by atoms with Crippen LogP contribution in [-0.4, -0.2) is 62.0 Å². The van der Waals surface area contributed by atoms with Gasteiger partial charge < -0.3 is 15.1 Å². The average Bonchev–Trinajstić information content (AvgIpc) is 2.82. The zero-order valence-electron chi connectivity index (χ0n) is 11.1. The normalized spacial score (nSPS) is 26.8.